The van der Waals surface area contributed by atoms with Crippen molar-refractivity contribution < 1.29 is 9.13 Å². The van der Waals surface area contributed by atoms with Crippen molar-refractivity contribution in [2.75, 3.05) is 6.61 Å². The monoisotopic (exact) mass is 307 g/mol. The molecule has 112 valence electrons. The topological polar surface area (TPSA) is 21.3 Å². The third-order valence-electron chi connectivity index (χ3n) is 3.23. The van der Waals surface area contributed by atoms with Crippen LogP contribution in [0, 0.1) is 5.82 Å². The second kappa shape index (κ2) is 8.13. The molecule has 0 saturated heterocycles. The Bertz CT molecular complexity index is 589. The molecular weight excluding hydrogens is 289 g/mol. The van der Waals surface area contributed by atoms with E-state index in [1.165, 1.54) is 23.3 Å². The minimum absolute atomic E-state index is 0.314. The van der Waals surface area contributed by atoms with Crippen molar-refractivity contribution in [2.24, 2.45) is 0 Å². The summed E-state index contributed by atoms with van der Waals surface area (Å²) in [5, 5.41) is 3.78. The molecule has 0 aliphatic heterocycles. The highest BCUT2D eigenvalue weighted by Gasteiger charge is 2.04. The van der Waals surface area contributed by atoms with Gasteiger partial charge in [-0.1, -0.05) is 41.9 Å². The maximum absolute atomic E-state index is 13.0. The molecule has 1 N–H and O–H groups in total. The fraction of sp³-hybridized carbons (Fsp3) is 0.294. The van der Waals surface area contributed by atoms with Crippen molar-refractivity contribution in [3.05, 3.63) is 70.0 Å². The molecule has 0 spiro atoms. The summed E-state index contributed by atoms with van der Waals surface area (Å²) in [4.78, 5) is 0. The maximum atomic E-state index is 13.0. The van der Waals surface area contributed by atoms with E-state index in [-0.39, 0.29) is 5.82 Å². The average Bonchev–Trinajstić information content (AvgIpc) is 2.48. The van der Waals surface area contributed by atoms with Gasteiger partial charge in [0.1, 0.15) is 5.82 Å². The van der Waals surface area contributed by atoms with E-state index in [0.29, 0.717) is 24.8 Å². The lowest BCUT2D eigenvalue weighted by Gasteiger charge is -2.11. The van der Waals surface area contributed by atoms with E-state index in [1.807, 2.05) is 19.1 Å². The van der Waals surface area contributed by atoms with Crippen molar-refractivity contribution in [1.29, 1.82) is 0 Å². The molecule has 0 saturated carbocycles. The van der Waals surface area contributed by atoms with Crippen LogP contribution in [0.4, 0.5) is 4.39 Å². The van der Waals surface area contributed by atoms with Gasteiger partial charge in [-0.25, -0.2) is 4.39 Å². The molecule has 0 aromatic heterocycles. The van der Waals surface area contributed by atoms with Crippen LogP contribution >= 0.6 is 11.6 Å². The lowest BCUT2D eigenvalue weighted by atomic mass is 10.1. The molecular formula is C17H19ClFNO. The zero-order valence-electron chi connectivity index (χ0n) is 12.0. The number of hydrogen-bond acceptors (Lipinski definition) is 2. The Kier molecular flexibility index (Phi) is 6.18. The molecule has 0 aliphatic carbocycles. The molecule has 0 bridgehead atoms. The molecule has 2 aromatic carbocycles. The van der Waals surface area contributed by atoms with E-state index in [4.69, 9.17) is 16.3 Å². The predicted octanol–water partition coefficient (Wildman–Crippen LogP) is 4.31. The second-order valence-corrected chi connectivity index (χ2v) is 5.15. The number of nitrogens with one attached hydrogen (secondary N) is 1. The summed E-state index contributed by atoms with van der Waals surface area (Å²) in [7, 11) is 0. The molecule has 0 radical (unpaired) electrons. The number of ether oxygens (including phenoxy) is 1. The van der Waals surface area contributed by atoms with E-state index in [0.717, 1.165) is 12.1 Å². The van der Waals surface area contributed by atoms with Gasteiger partial charge in [0.2, 0.25) is 0 Å². The number of halogens is 2. The number of rotatable bonds is 7. The molecule has 2 rings (SSSR count). The Balaban J connectivity index is 1.94. The maximum Gasteiger partial charge on any atom is 0.124 e. The van der Waals surface area contributed by atoms with E-state index >= 15 is 0 Å². The Labute approximate surface area is 129 Å². The minimum Gasteiger partial charge on any atom is -0.377 e. The number of hydrogen-bond donors (Lipinski definition) is 1. The quantitative estimate of drug-likeness (QED) is 0.823. The van der Waals surface area contributed by atoms with Crippen LogP contribution in [0.5, 0.6) is 0 Å². The zero-order chi connectivity index (χ0) is 15.1. The van der Waals surface area contributed by atoms with Gasteiger partial charge in [-0.2, -0.15) is 0 Å². The Hall–Kier alpha value is -1.42. The van der Waals surface area contributed by atoms with Crippen LogP contribution in [0.15, 0.2) is 42.5 Å². The van der Waals surface area contributed by atoms with Crippen LogP contribution in [0.1, 0.15) is 23.6 Å². The van der Waals surface area contributed by atoms with E-state index in [2.05, 4.69) is 17.4 Å². The van der Waals surface area contributed by atoms with Gasteiger partial charge in [0.05, 0.1) is 6.61 Å². The molecule has 0 fully saturated rings. The first-order valence-electron chi connectivity index (χ1n) is 7.00. The van der Waals surface area contributed by atoms with Crippen LogP contribution in [-0.4, -0.2) is 6.61 Å². The predicted molar refractivity (Wildman–Crippen MR) is 83.7 cm³/mol. The van der Waals surface area contributed by atoms with Gasteiger partial charge in [0.25, 0.3) is 0 Å². The number of benzene rings is 2. The molecule has 0 atom stereocenters. The molecule has 0 amide bonds. The molecule has 4 heteroatoms. The van der Waals surface area contributed by atoms with Gasteiger partial charge < -0.3 is 10.1 Å². The van der Waals surface area contributed by atoms with Crippen LogP contribution in [0.2, 0.25) is 5.02 Å². The van der Waals surface area contributed by atoms with Crippen molar-refractivity contribution in [3.63, 3.8) is 0 Å². The van der Waals surface area contributed by atoms with Crippen molar-refractivity contribution in [1.82, 2.24) is 5.32 Å². The van der Waals surface area contributed by atoms with E-state index < -0.39 is 0 Å². The van der Waals surface area contributed by atoms with Crippen LogP contribution < -0.4 is 5.32 Å². The van der Waals surface area contributed by atoms with Gasteiger partial charge in [-0.05, 0) is 35.7 Å². The lowest BCUT2D eigenvalue weighted by molar-refractivity contribution is 0.133. The highest BCUT2D eigenvalue weighted by molar-refractivity contribution is 6.31. The first-order valence-corrected chi connectivity index (χ1v) is 7.37. The van der Waals surface area contributed by atoms with Crippen molar-refractivity contribution in [3.8, 4) is 0 Å². The van der Waals surface area contributed by atoms with E-state index in [9.17, 15) is 4.39 Å². The molecule has 2 nitrogen and oxygen atoms in total. The summed E-state index contributed by atoms with van der Waals surface area (Å²) in [5.74, 6) is -0.314. The standard InChI is InChI=1S/C17H19ClFNO/c1-2-21-12-15-6-4-3-5-13(15)10-20-11-14-7-8-16(19)9-17(14)18/h3-9,20H,2,10-12H2,1H3. The smallest absolute Gasteiger partial charge is 0.124 e. The third-order valence-corrected chi connectivity index (χ3v) is 3.58. The highest BCUT2D eigenvalue weighted by atomic mass is 35.5. The van der Waals surface area contributed by atoms with Gasteiger partial charge in [-0.3, -0.25) is 0 Å². The average molecular weight is 308 g/mol. The SMILES string of the molecule is CCOCc1ccccc1CNCc1ccc(F)cc1Cl. The molecule has 21 heavy (non-hydrogen) atoms. The molecule has 2 aromatic rings. The van der Waals surface area contributed by atoms with Crippen LogP contribution in [-0.2, 0) is 24.4 Å². The van der Waals surface area contributed by atoms with Gasteiger partial charge in [0, 0.05) is 24.7 Å². The second-order valence-electron chi connectivity index (χ2n) is 4.75. The summed E-state index contributed by atoms with van der Waals surface area (Å²) < 4.78 is 18.5. The highest BCUT2D eigenvalue weighted by Crippen LogP contribution is 2.17. The molecule has 0 heterocycles. The van der Waals surface area contributed by atoms with Crippen molar-refractivity contribution >= 4 is 11.6 Å². The Morgan fingerprint density at radius 3 is 2.48 bits per heavy atom. The first kappa shape index (κ1) is 16.0. The van der Waals surface area contributed by atoms with Crippen molar-refractivity contribution in [2.45, 2.75) is 26.6 Å². The summed E-state index contributed by atoms with van der Waals surface area (Å²) in [5.41, 5.74) is 3.27. The van der Waals surface area contributed by atoms with Gasteiger partial charge in [0.15, 0.2) is 0 Å². The summed E-state index contributed by atoms with van der Waals surface area (Å²) >= 11 is 6.01. The third kappa shape index (κ3) is 4.81. The minimum atomic E-state index is -0.314. The summed E-state index contributed by atoms with van der Waals surface area (Å²) in [6.07, 6.45) is 0. The first-order chi connectivity index (χ1) is 10.2. The lowest BCUT2D eigenvalue weighted by Crippen LogP contribution is -2.14. The van der Waals surface area contributed by atoms with Gasteiger partial charge in [-0.15, -0.1) is 0 Å². The Morgan fingerprint density at radius 1 is 1.05 bits per heavy atom. The zero-order valence-corrected chi connectivity index (χ0v) is 12.8. The molecule has 0 aliphatic rings. The fourth-order valence-corrected chi connectivity index (χ4v) is 2.31. The van der Waals surface area contributed by atoms with Crippen LogP contribution in [0.25, 0.3) is 0 Å². The van der Waals surface area contributed by atoms with Crippen LogP contribution in [0.3, 0.4) is 0 Å². The normalized spacial score (nSPS) is 10.8. The fourth-order valence-electron chi connectivity index (χ4n) is 2.08. The van der Waals surface area contributed by atoms with E-state index in [1.54, 1.807) is 6.07 Å². The summed E-state index contributed by atoms with van der Waals surface area (Å²) in [6.45, 7) is 4.62. The largest absolute Gasteiger partial charge is 0.377 e. The Morgan fingerprint density at radius 2 is 1.76 bits per heavy atom. The molecule has 0 unspecified atom stereocenters. The summed E-state index contributed by atoms with van der Waals surface area (Å²) in [6, 6.07) is 12.6. The van der Waals surface area contributed by atoms with Gasteiger partial charge >= 0.3 is 0 Å².